The van der Waals surface area contributed by atoms with Crippen LogP contribution in [0.3, 0.4) is 0 Å². The van der Waals surface area contributed by atoms with E-state index in [1.54, 1.807) is 26.8 Å². The van der Waals surface area contributed by atoms with E-state index < -0.39 is 0 Å². The number of fused-ring (bicyclic) bond motifs is 1. The Labute approximate surface area is 139 Å². The van der Waals surface area contributed by atoms with Crippen LogP contribution in [0.25, 0.3) is 11.1 Å². The fraction of sp³-hybridized carbons (Fsp3) is 0.316. The van der Waals surface area contributed by atoms with Gasteiger partial charge >= 0.3 is 0 Å². The molecule has 5 heteroatoms. The number of allylic oxidation sites excluding steroid dienone is 4. The summed E-state index contributed by atoms with van der Waals surface area (Å²) in [5.74, 6) is 0.0329. The predicted octanol–water partition coefficient (Wildman–Crippen LogP) is 4.09. The molecule has 1 heterocycles. The zero-order valence-electron chi connectivity index (χ0n) is 13.9. The second kappa shape index (κ2) is 6.15. The van der Waals surface area contributed by atoms with Crippen LogP contribution in [-0.2, 0) is 16.0 Å². The van der Waals surface area contributed by atoms with Crippen molar-refractivity contribution in [1.29, 1.82) is 0 Å². The molecule has 1 aromatic carbocycles. The number of aryl methyl sites for hydroxylation is 1. The smallest absolute Gasteiger partial charge is 0.195 e. The number of rotatable bonds is 4. The summed E-state index contributed by atoms with van der Waals surface area (Å²) in [5.41, 5.74) is 3.19. The van der Waals surface area contributed by atoms with E-state index in [0.29, 0.717) is 58.5 Å². The minimum atomic E-state index is -0.366. The molecule has 0 N–H and O–H groups in total. The first-order valence-electron chi connectivity index (χ1n) is 7.90. The Morgan fingerprint density at radius 3 is 2.46 bits per heavy atom. The maximum atomic E-state index is 13.2. The molecule has 0 radical (unpaired) electrons. The van der Waals surface area contributed by atoms with Gasteiger partial charge in [0, 0.05) is 34.8 Å². The lowest BCUT2D eigenvalue weighted by atomic mass is 9.84. The van der Waals surface area contributed by atoms with Gasteiger partial charge in [0.15, 0.2) is 23.0 Å². The highest BCUT2D eigenvalue weighted by Gasteiger charge is 2.27. The summed E-state index contributed by atoms with van der Waals surface area (Å²) in [6, 6.07) is 4.22. The van der Waals surface area contributed by atoms with Gasteiger partial charge in [0.1, 0.15) is 11.3 Å². The lowest BCUT2D eigenvalue weighted by Gasteiger charge is -2.18. The van der Waals surface area contributed by atoms with Crippen LogP contribution in [0.2, 0.25) is 0 Å². The Morgan fingerprint density at radius 2 is 1.71 bits per heavy atom. The number of hydrogen-bond donors (Lipinski definition) is 0. The van der Waals surface area contributed by atoms with Crippen molar-refractivity contribution in [2.24, 2.45) is 0 Å². The molecular weight excluding hydrogens is 309 g/mol. The highest BCUT2D eigenvalue weighted by Crippen LogP contribution is 2.27. The molecular formula is C19H18FNO3. The summed E-state index contributed by atoms with van der Waals surface area (Å²) in [7, 11) is 0. The summed E-state index contributed by atoms with van der Waals surface area (Å²) < 4.78 is 18.7. The van der Waals surface area contributed by atoms with E-state index in [9.17, 15) is 14.0 Å². The van der Waals surface area contributed by atoms with Crippen LogP contribution in [0.4, 0.5) is 4.39 Å². The van der Waals surface area contributed by atoms with E-state index in [2.05, 4.69) is 4.98 Å². The lowest BCUT2D eigenvalue weighted by Crippen LogP contribution is -2.20. The maximum Gasteiger partial charge on any atom is 0.195 e. The highest BCUT2D eigenvalue weighted by atomic mass is 19.1. The first-order chi connectivity index (χ1) is 11.4. The first-order valence-corrected chi connectivity index (χ1v) is 7.90. The zero-order valence-corrected chi connectivity index (χ0v) is 13.9. The number of benzene rings is 1. The molecule has 124 valence electrons. The maximum absolute atomic E-state index is 13.2. The molecule has 0 unspecified atom stereocenters. The van der Waals surface area contributed by atoms with Crippen LogP contribution in [0, 0.1) is 5.82 Å². The first kappa shape index (κ1) is 16.3. The number of nitrogens with zero attached hydrogens (tertiary/aromatic N) is 1. The van der Waals surface area contributed by atoms with Crippen LogP contribution in [-0.4, -0.2) is 16.6 Å². The van der Waals surface area contributed by atoms with E-state index in [1.807, 2.05) is 0 Å². The molecule has 0 saturated carbocycles. The van der Waals surface area contributed by atoms with Gasteiger partial charge in [-0.1, -0.05) is 0 Å². The third-order valence-electron chi connectivity index (χ3n) is 4.52. The lowest BCUT2D eigenvalue weighted by molar-refractivity contribution is -0.116. The molecule has 0 spiro atoms. The SMILES string of the molecule is CC1=C(C)C(=O)C(CCCc2nc3ccc(F)cc3o2)=C(C)C1=O. The molecule has 0 saturated heterocycles. The highest BCUT2D eigenvalue weighted by molar-refractivity contribution is 6.24. The van der Waals surface area contributed by atoms with Crippen molar-refractivity contribution in [3.8, 4) is 0 Å². The Morgan fingerprint density at radius 1 is 1.00 bits per heavy atom. The quantitative estimate of drug-likeness (QED) is 0.793. The number of ketones is 2. The third kappa shape index (κ3) is 2.82. The van der Waals surface area contributed by atoms with Crippen LogP contribution >= 0.6 is 0 Å². The van der Waals surface area contributed by atoms with Gasteiger partial charge in [0.2, 0.25) is 0 Å². The van der Waals surface area contributed by atoms with Gasteiger partial charge < -0.3 is 4.42 Å². The topological polar surface area (TPSA) is 60.2 Å². The molecule has 2 aromatic rings. The summed E-state index contributed by atoms with van der Waals surface area (Å²) >= 11 is 0. The molecule has 1 aromatic heterocycles. The Kier molecular flexibility index (Phi) is 4.18. The Bertz CT molecular complexity index is 918. The van der Waals surface area contributed by atoms with Gasteiger partial charge in [-0.05, 0) is 45.7 Å². The summed E-state index contributed by atoms with van der Waals surface area (Å²) in [5, 5.41) is 0. The van der Waals surface area contributed by atoms with Crippen LogP contribution < -0.4 is 0 Å². The molecule has 1 aliphatic rings. The second-order valence-corrected chi connectivity index (χ2v) is 6.09. The van der Waals surface area contributed by atoms with Crippen molar-refractivity contribution in [3.05, 3.63) is 52.2 Å². The molecule has 4 nitrogen and oxygen atoms in total. The zero-order chi connectivity index (χ0) is 17.4. The van der Waals surface area contributed by atoms with E-state index in [-0.39, 0.29) is 17.4 Å². The van der Waals surface area contributed by atoms with E-state index in [4.69, 9.17) is 4.42 Å². The van der Waals surface area contributed by atoms with Gasteiger partial charge in [-0.15, -0.1) is 0 Å². The van der Waals surface area contributed by atoms with Crippen molar-refractivity contribution < 1.29 is 18.4 Å². The monoisotopic (exact) mass is 327 g/mol. The summed E-state index contributed by atoms with van der Waals surface area (Å²) in [6.07, 6.45) is 1.65. The molecule has 0 aliphatic heterocycles. The number of aromatic nitrogens is 1. The Balaban J connectivity index is 1.71. The molecule has 0 atom stereocenters. The minimum absolute atomic E-state index is 0.0516. The fourth-order valence-corrected chi connectivity index (χ4v) is 2.93. The molecule has 0 amide bonds. The van der Waals surface area contributed by atoms with Crippen molar-refractivity contribution in [2.45, 2.75) is 40.0 Å². The standard InChI is InChI=1S/C19H18FNO3/c1-10-11(2)19(23)14(12(3)18(10)22)5-4-6-17-21-15-8-7-13(20)9-16(15)24-17/h7-9H,4-6H2,1-3H3. The van der Waals surface area contributed by atoms with E-state index in [1.165, 1.54) is 12.1 Å². The molecule has 0 fully saturated rings. The van der Waals surface area contributed by atoms with Gasteiger partial charge in [-0.2, -0.15) is 0 Å². The number of hydrogen-bond acceptors (Lipinski definition) is 4. The minimum Gasteiger partial charge on any atom is -0.441 e. The summed E-state index contributed by atoms with van der Waals surface area (Å²) in [4.78, 5) is 28.8. The predicted molar refractivity (Wildman–Crippen MR) is 88.0 cm³/mol. The molecule has 3 rings (SSSR count). The number of carbonyl (C=O) groups is 2. The van der Waals surface area contributed by atoms with Gasteiger partial charge in [0.25, 0.3) is 0 Å². The van der Waals surface area contributed by atoms with Gasteiger partial charge in [0.05, 0.1) is 0 Å². The van der Waals surface area contributed by atoms with Crippen LogP contribution in [0.15, 0.2) is 44.9 Å². The number of Topliss-reactive ketones (excluding diaryl/α,β-unsaturated/α-hetero) is 2. The summed E-state index contributed by atoms with van der Waals surface area (Å²) in [6.45, 7) is 5.08. The number of carbonyl (C=O) groups excluding carboxylic acids is 2. The van der Waals surface area contributed by atoms with Crippen LogP contribution in [0.1, 0.15) is 39.5 Å². The van der Waals surface area contributed by atoms with E-state index >= 15 is 0 Å². The van der Waals surface area contributed by atoms with Crippen molar-refractivity contribution in [3.63, 3.8) is 0 Å². The van der Waals surface area contributed by atoms with Crippen LogP contribution in [0.5, 0.6) is 0 Å². The molecule has 1 aliphatic carbocycles. The largest absolute Gasteiger partial charge is 0.441 e. The Hall–Kier alpha value is -2.56. The number of oxazole rings is 1. The molecule has 24 heavy (non-hydrogen) atoms. The third-order valence-corrected chi connectivity index (χ3v) is 4.52. The second-order valence-electron chi connectivity index (χ2n) is 6.09. The van der Waals surface area contributed by atoms with Gasteiger partial charge in [-0.3, -0.25) is 9.59 Å². The van der Waals surface area contributed by atoms with Crippen molar-refractivity contribution in [1.82, 2.24) is 4.98 Å². The normalized spacial score (nSPS) is 15.8. The average molecular weight is 327 g/mol. The van der Waals surface area contributed by atoms with E-state index in [0.717, 1.165) is 0 Å². The van der Waals surface area contributed by atoms with Crippen molar-refractivity contribution >= 4 is 22.7 Å². The number of halogens is 1. The fourth-order valence-electron chi connectivity index (χ4n) is 2.93. The average Bonchev–Trinajstić information content (AvgIpc) is 2.96. The van der Waals surface area contributed by atoms with Crippen molar-refractivity contribution in [2.75, 3.05) is 0 Å². The molecule has 0 bridgehead atoms. The van der Waals surface area contributed by atoms with Gasteiger partial charge in [-0.25, -0.2) is 9.37 Å².